The van der Waals surface area contributed by atoms with Crippen molar-refractivity contribution < 1.29 is 0 Å². The lowest BCUT2D eigenvalue weighted by molar-refractivity contribution is 0.231. The fourth-order valence-corrected chi connectivity index (χ4v) is 2.81. The van der Waals surface area contributed by atoms with Crippen molar-refractivity contribution in [3.05, 3.63) is 29.3 Å². The predicted molar refractivity (Wildman–Crippen MR) is 82.6 cm³/mol. The van der Waals surface area contributed by atoms with Crippen molar-refractivity contribution in [2.45, 2.75) is 27.3 Å². The molecule has 0 radical (unpaired) electrons. The van der Waals surface area contributed by atoms with E-state index in [1.165, 1.54) is 36.4 Å². The zero-order valence-electron chi connectivity index (χ0n) is 12.5. The number of hydrogen-bond acceptors (Lipinski definition) is 3. The van der Waals surface area contributed by atoms with Crippen molar-refractivity contribution >= 4 is 5.69 Å². The van der Waals surface area contributed by atoms with Crippen molar-refractivity contribution in [3.8, 4) is 0 Å². The van der Waals surface area contributed by atoms with Crippen LogP contribution in [0.2, 0.25) is 0 Å². The lowest BCUT2D eigenvalue weighted by Crippen LogP contribution is -2.47. The first-order valence-corrected chi connectivity index (χ1v) is 7.37. The Bertz CT molecular complexity index is 406. The highest BCUT2D eigenvalue weighted by atomic mass is 15.3. The molecule has 0 unspecified atom stereocenters. The minimum Gasteiger partial charge on any atom is -0.369 e. The van der Waals surface area contributed by atoms with Crippen LogP contribution in [0.25, 0.3) is 0 Å². The molecule has 19 heavy (non-hydrogen) atoms. The number of anilines is 1. The number of hydrogen-bond donors (Lipinski definition) is 1. The summed E-state index contributed by atoms with van der Waals surface area (Å²) in [6, 6.07) is 6.67. The van der Waals surface area contributed by atoms with Gasteiger partial charge in [0.2, 0.25) is 0 Å². The normalized spacial score (nSPS) is 17.2. The van der Waals surface area contributed by atoms with Gasteiger partial charge in [-0.25, -0.2) is 0 Å². The lowest BCUT2D eigenvalue weighted by Gasteiger charge is -2.37. The monoisotopic (exact) mass is 261 g/mol. The number of aryl methyl sites for hydroxylation is 1. The molecule has 1 fully saturated rings. The Balaban J connectivity index is 1.96. The molecular formula is C16H27N3. The predicted octanol–water partition coefficient (Wildman–Crippen LogP) is 2.23. The smallest absolute Gasteiger partial charge is 0.0369 e. The van der Waals surface area contributed by atoms with E-state index < -0.39 is 0 Å². The summed E-state index contributed by atoms with van der Waals surface area (Å²) < 4.78 is 0. The van der Waals surface area contributed by atoms with Crippen LogP contribution in [0.3, 0.4) is 0 Å². The molecule has 1 heterocycles. The average Bonchev–Trinajstić information content (AvgIpc) is 2.39. The number of nitrogens with zero attached hydrogens (tertiary/aromatic N) is 2. The number of nitrogens with two attached hydrogens (primary N) is 1. The summed E-state index contributed by atoms with van der Waals surface area (Å²) in [6.45, 7) is 13.2. The first-order valence-electron chi connectivity index (χ1n) is 7.37. The van der Waals surface area contributed by atoms with Gasteiger partial charge in [-0.05, 0) is 36.1 Å². The minimum atomic E-state index is 0.633. The summed E-state index contributed by atoms with van der Waals surface area (Å²) in [5.41, 5.74) is 9.63. The van der Waals surface area contributed by atoms with Crippen LogP contribution in [0.5, 0.6) is 0 Å². The highest BCUT2D eigenvalue weighted by molar-refractivity contribution is 5.51. The Kier molecular flexibility index (Phi) is 4.83. The van der Waals surface area contributed by atoms with Crippen molar-refractivity contribution in [3.63, 3.8) is 0 Å². The Morgan fingerprint density at radius 2 is 1.84 bits per heavy atom. The maximum absolute atomic E-state index is 5.72. The van der Waals surface area contributed by atoms with Gasteiger partial charge in [0, 0.05) is 45.0 Å². The molecule has 0 atom stereocenters. The van der Waals surface area contributed by atoms with E-state index in [-0.39, 0.29) is 0 Å². The van der Waals surface area contributed by atoms with Crippen LogP contribution < -0.4 is 10.6 Å². The maximum Gasteiger partial charge on any atom is 0.0369 e. The second-order valence-electron chi connectivity index (χ2n) is 6.00. The van der Waals surface area contributed by atoms with E-state index in [1.54, 1.807) is 0 Å². The van der Waals surface area contributed by atoms with Gasteiger partial charge in [0.1, 0.15) is 0 Å². The van der Waals surface area contributed by atoms with E-state index in [9.17, 15) is 0 Å². The van der Waals surface area contributed by atoms with Gasteiger partial charge in [-0.2, -0.15) is 0 Å². The molecular weight excluding hydrogens is 234 g/mol. The third-order valence-electron chi connectivity index (χ3n) is 3.91. The fraction of sp³-hybridized carbons (Fsp3) is 0.625. The van der Waals surface area contributed by atoms with Crippen LogP contribution >= 0.6 is 0 Å². The molecule has 0 aliphatic carbocycles. The Morgan fingerprint density at radius 3 is 2.37 bits per heavy atom. The number of rotatable bonds is 4. The molecule has 0 saturated carbocycles. The maximum atomic E-state index is 5.72. The molecule has 1 saturated heterocycles. The van der Waals surface area contributed by atoms with Gasteiger partial charge in [-0.1, -0.05) is 19.9 Å². The standard InChI is InChI=1S/C16H27N3/c1-13(2)12-18-6-8-19(9-7-18)16-5-4-15(11-17)14(3)10-16/h4-5,10,13H,6-9,11-12,17H2,1-3H3. The zero-order chi connectivity index (χ0) is 13.8. The van der Waals surface area contributed by atoms with E-state index >= 15 is 0 Å². The van der Waals surface area contributed by atoms with Gasteiger partial charge in [-0.15, -0.1) is 0 Å². The second kappa shape index (κ2) is 6.40. The van der Waals surface area contributed by atoms with E-state index in [1.807, 2.05) is 0 Å². The van der Waals surface area contributed by atoms with Crippen molar-refractivity contribution in [1.82, 2.24) is 4.90 Å². The van der Waals surface area contributed by atoms with Crippen LogP contribution in [0.1, 0.15) is 25.0 Å². The summed E-state index contributed by atoms with van der Waals surface area (Å²) in [6.07, 6.45) is 0. The molecule has 0 bridgehead atoms. The largest absolute Gasteiger partial charge is 0.369 e. The van der Waals surface area contributed by atoms with Crippen molar-refractivity contribution in [2.75, 3.05) is 37.6 Å². The lowest BCUT2D eigenvalue weighted by atomic mass is 10.1. The molecule has 1 aromatic carbocycles. The van der Waals surface area contributed by atoms with Gasteiger partial charge in [0.15, 0.2) is 0 Å². The van der Waals surface area contributed by atoms with E-state index in [0.29, 0.717) is 6.54 Å². The van der Waals surface area contributed by atoms with Crippen LogP contribution in [-0.2, 0) is 6.54 Å². The number of benzene rings is 1. The first kappa shape index (κ1) is 14.4. The number of piperazine rings is 1. The minimum absolute atomic E-state index is 0.633. The zero-order valence-corrected chi connectivity index (χ0v) is 12.5. The third kappa shape index (κ3) is 3.71. The molecule has 3 heteroatoms. The summed E-state index contributed by atoms with van der Waals surface area (Å²) >= 11 is 0. The quantitative estimate of drug-likeness (QED) is 0.902. The van der Waals surface area contributed by atoms with Gasteiger partial charge in [-0.3, -0.25) is 4.90 Å². The molecule has 0 aromatic heterocycles. The van der Waals surface area contributed by atoms with Gasteiger partial charge < -0.3 is 10.6 Å². The van der Waals surface area contributed by atoms with E-state index in [4.69, 9.17) is 5.73 Å². The summed E-state index contributed by atoms with van der Waals surface area (Å²) in [7, 11) is 0. The molecule has 1 aliphatic heterocycles. The SMILES string of the molecule is Cc1cc(N2CCN(CC(C)C)CC2)ccc1CN. The van der Waals surface area contributed by atoms with Crippen molar-refractivity contribution in [1.29, 1.82) is 0 Å². The van der Waals surface area contributed by atoms with Crippen LogP contribution in [0, 0.1) is 12.8 Å². The summed E-state index contributed by atoms with van der Waals surface area (Å²) in [4.78, 5) is 5.06. The molecule has 0 spiro atoms. The topological polar surface area (TPSA) is 32.5 Å². The van der Waals surface area contributed by atoms with Gasteiger partial charge in [0.25, 0.3) is 0 Å². The van der Waals surface area contributed by atoms with E-state index in [0.717, 1.165) is 19.0 Å². The highest BCUT2D eigenvalue weighted by Gasteiger charge is 2.17. The molecule has 106 valence electrons. The van der Waals surface area contributed by atoms with Crippen molar-refractivity contribution in [2.24, 2.45) is 11.7 Å². The Hall–Kier alpha value is -1.06. The Morgan fingerprint density at radius 1 is 1.16 bits per heavy atom. The fourth-order valence-electron chi connectivity index (χ4n) is 2.81. The first-order chi connectivity index (χ1) is 9.10. The summed E-state index contributed by atoms with van der Waals surface area (Å²) in [5, 5.41) is 0. The second-order valence-corrected chi connectivity index (χ2v) is 6.00. The molecule has 3 nitrogen and oxygen atoms in total. The van der Waals surface area contributed by atoms with Crippen LogP contribution in [-0.4, -0.2) is 37.6 Å². The Labute approximate surface area is 117 Å². The van der Waals surface area contributed by atoms with Crippen LogP contribution in [0.15, 0.2) is 18.2 Å². The molecule has 1 aromatic rings. The molecule has 2 rings (SSSR count). The third-order valence-corrected chi connectivity index (χ3v) is 3.91. The van der Waals surface area contributed by atoms with Gasteiger partial charge in [0.05, 0.1) is 0 Å². The highest BCUT2D eigenvalue weighted by Crippen LogP contribution is 2.20. The average molecular weight is 261 g/mol. The van der Waals surface area contributed by atoms with Gasteiger partial charge >= 0.3 is 0 Å². The van der Waals surface area contributed by atoms with E-state index in [2.05, 4.69) is 48.8 Å². The van der Waals surface area contributed by atoms with Crippen LogP contribution in [0.4, 0.5) is 5.69 Å². The summed E-state index contributed by atoms with van der Waals surface area (Å²) in [5.74, 6) is 0.762. The molecule has 0 amide bonds. The molecule has 1 aliphatic rings. The molecule has 2 N–H and O–H groups in total.